The summed E-state index contributed by atoms with van der Waals surface area (Å²) < 4.78 is 5.23. The van der Waals surface area contributed by atoms with Crippen molar-refractivity contribution < 1.29 is 14.4 Å². The Bertz CT molecular complexity index is 1210. The van der Waals surface area contributed by atoms with Gasteiger partial charge in [-0.15, -0.1) is 11.3 Å². The minimum atomic E-state index is -0.728. The highest BCUT2D eigenvalue weighted by molar-refractivity contribution is 7.14. The van der Waals surface area contributed by atoms with Crippen molar-refractivity contribution in [3.63, 3.8) is 0 Å². The number of oxime groups is 1. The number of esters is 1. The lowest BCUT2D eigenvalue weighted by Gasteiger charge is -2.36. The van der Waals surface area contributed by atoms with Crippen molar-refractivity contribution in [2.24, 2.45) is 11.1 Å². The van der Waals surface area contributed by atoms with Crippen molar-refractivity contribution in [1.29, 1.82) is 0 Å². The van der Waals surface area contributed by atoms with Gasteiger partial charge in [0.15, 0.2) is 5.13 Å². The molecule has 7 heteroatoms. The quantitative estimate of drug-likeness (QED) is 0.107. The van der Waals surface area contributed by atoms with Crippen molar-refractivity contribution >= 4 is 28.1 Å². The number of thiazole rings is 1. The molecule has 0 spiro atoms. The monoisotopic (exact) mass is 513 g/mol. The van der Waals surface area contributed by atoms with E-state index in [2.05, 4.69) is 46.9 Å². The first kappa shape index (κ1) is 26.1. The number of hydrogen-bond acceptors (Lipinski definition) is 7. The van der Waals surface area contributed by atoms with Crippen molar-refractivity contribution in [2.45, 2.75) is 26.3 Å². The van der Waals surface area contributed by atoms with Crippen molar-refractivity contribution in [2.75, 3.05) is 18.5 Å². The first-order valence-electron chi connectivity index (χ1n) is 12.3. The summed E-state index contributed by atoms with van der Waals surface area (Å²) in [7, 11) is 0. The highest BCUT2D eigenvalue weighted by atomic mass is 32.1. The van der Waals surface area contributed by atoms with Gasteiger partial charge in [-0.05, 0) is 29.5 Å². The van der Waals surface area contributed by atoms with E-state index in [4.69, 9.17) is 14.6 Å². The Morgan fingerprint density at radius 3 is 1.89 bits per heavy atom. The molecule has 190 valence electrons. The Labute approximate surface area is 222 Å². The van der Waals surface area contributed by atoms with Gasteiger partial charge < -0.3 is 14.9 Å². The third-order valence-corrected chi connectivity index (χ3v) is 6.45. The number of aromatic nitrogens is 1. The second-order valence-electron chi connectivity index (χ2n) is 8.86. The van der Waals surface area contributed by atoms with Gasteiger partial charge in [-0.3, -0.25) is 0 Å². The molecule has 0 radical (unpaired) electrons. The summed E-state index contributed by atoms with van der Waals surface area (Å²) >= 11 is 1.40. The van der Waals surface area contributed by atoms with Gasteiger partial charge >= 0.3 is 5.97 Å². The second-order valence-corrected chi connectivity index (χ2v) is 9.72. The van der Waals surface area contributed by atoms with Crippen LogP contribution in [0.5, 0.6) is 0 Å². The van der Waals surface area contributed by atoms with Gasteiger partial charge in [0, 0.05) is 5.38 Å². The number of nitrogens with zero attached hydrogens (tertiary/aromatic N) is 2. The molecule has 6 nitrogen and oxygen atoms in total. The predicted octanol–water partition coefficient (Wildman–Crippen LogP) is 6.49. The van der Waals surface area contributed by atoms with Crippen LogP contribution in [0.4, 0.5) is 5.13 Å². The Balaban J connectivity index is 1.80. The molecule has 0 saturated heterocycles. The van der Waals surface area contributed by atoms with Gasteiger partial charge in [0.25, 0.3) is 0 Å². The molecule has 4 rings (SSSR count). The Morgan fingerprint density at radius 2 is 1.43 bits per heavy atom. The van der Waals surface area contributed by atoms with Crippen LogP contribution in [0.15, 0.2) is 102 Å². The van der Waals surface area contributed by atoms with E-state index in [1.54, 1.807) is 12.3 Å². The summed E-state index contributed by atoms with van der Waals surface area (Å²) in [6.45, 7) is 6.40. The molecular weight excluding hydrogens is 482 g/mol. The average Bonchev–Trinajstić information content (AvgIpc) is 3.39. The van der Waals surface area contributed by atoms with E-state index < -0.39 is 11.5 Å². The van der Waals surface area contributed by atoms with Gasteiger partial charge in [0.05, 0.1) is 6.61 Å². The van der Waals surface area contributed by atoms with Crippen molar-refractivity contribution in [1.82, 2.24) is 4.98 Å². The Kier molecular flexibility index (Phi) is 8.69. The second kappa shape index (κ2) is 12.3. The molecule has 0 atom stereocenters. The molecule has 0 amide bonds. The van der Waals surface area contributed by atoms with Gasteiger partial charge in [-0.2, -0.15) is 0 Å². The van der Waals surface area contributed by atoms with Crippen LogP contribution in [0.3, 0.4) is 0 Å². The number of hydrogen-bond donors (Lipinski definition) is 1. The number of anilines is 1. The molecule has 1 N–H and O–H groups in total. The number of ether oxygens (including phenoxy) is 1. The zero-order chi connectivity index (χ0) is 26.1. The van der Waals surface area contributed by atoms with Gasteiger partial charge in [0.1, 0.15) is 17.8 Å². The highest BCUT2D eigenvalue weighted by Crippen LogP contribution is 2.40. The van der Waals surface area contributed by atoms with Crippen LogP contribution in [0.25, 0.3) is 0 Å². The lowest BCUT2D eigenvalue weighted by atomic mass is 9.77. The van der Waals surface area contributed by atoms with Crippen LogP contribution in [-0.2, 0) is 19.9 Å². The molecule has 0 aliphatic rings. The van der Waals surface area contributed by atoms with E-state index in [1.807, 2.05) is 68.4 Å². The maximum absolute atomic E-state index is 12.7. The average molecular weight is 514 g/mol. The Hall–Kier alpha value is -3.97. The predicted molar refractivity (Wildman–Crippen MR) is 149 cm³/mol. The highest BCUT2D eigenvalue weighted by Gasteiger charge is 2.37. The molecule has 37 heavy (non-hydrogen) atoms. The van der Waals surface area contributed by atoms with Gasteiger partial charge in [-0.25, -0.2) is 9.78 Å². The van der Waals surface area contributed by atoms with E-state index in [1.165, 1.54) is 11.3 Å². The molecule has 1 aromatic heterocycles. The van der Waals surface area contributed by atoms with Crippen LogP contribution < -0.4 is 5.32 Å². The SMILES string of the molecule is CCOC(=O)/C(=N\OCC(C)C)c1csc(NC(c2ccccc2)(c2ccccc2)c2ccccc2)n1. The smallest absolute Gasteiger partial charge is 0.362 e. The van der Waals surface area contributed by atoms with Crippen LogP contribution in [0, 0.1) is 5.92 Å². The van der Waals surface area contributed by atoms with Gasteiger partial charge in [0.2, 0.25) is 5.71 Å². The minimum Gasteiger partial charge on any atom is -0.461 e. The van der Waals surface area contributed by atoms with Crippen LogP contribution in [0.2, 0.25) is 0 Å². The lowest BCUT2D eigenvalue weighted by Crippen LogP contribution is -2.38. The standard InChI is InChI=1S/C30H31N3O3S/c1-4-35-28(34)27(33-36-20-22(2)3)26-21-37-29(31-26)32-30(23-14-8-5-9-15-23,24-16-10-6-11-17-24)25-18-12-7-13-19-25/h5-19,21-22H,4,20H2,1-3H3,(H,31,32)/b33-27-. The molecule has 0 bridgehead atoms. The van der Waals surface area contributed by atoms with E-state index >= 15 is 0 Å². The maximum Gasteiger partial charge on any atom is 0.362 e. The lowest BCUT2D eigenvalue weighted by molar-refractivity contribution is -0.135. The molecule has 0 saturated carbocycles. The van der Waals surface area contributed by atoms with Crippen LogP contribution in [-0.4, -0.2) is 29.9 Å². The summed E-state index contributed by atoms with van der Waals surface area (Å²) in [5, 5.41) is 10.2. The largest absolute Gasteiger partial charge is 0.461 e. The van der Waals surface area contributed by atoms with Crippen LogP contribution in [0.1, 0.15) is 43.2 Å². The summed E-state index contributed by atoms with van der Waals surface area (Å²) in [5.74, 6) is -0.299. The number of benzene rings is 3. The number of nitrogens with one attached hydrogen (secondary N) is 1. The third-order valence-electron chi connectivity index (χ3n) is 5.69. The first-order chi connectivity index (χ1) is 18.0. The maximum atomic E-state index is 12.7. The van der Waals surface area contributed by atoms with Gasteiger partial charge in [-0.1, -0.05) is 110 Å². The fourth-order valence-corrected chi connectivity index (χ4v) is 4.77. The topological polar surface area (TPSA) is 72.8 Å². The molecule has 1 heterocycles. The minimum absolute atomic E-state index is 0.0523. The zero-order valence-electron chi connectivity index (χ0n) is 21.3. The first-order valence-corrected chi connectivity index (χ1v) is 13.2. The summed E-state index contributed by atoms with van der Waals surface area (Å²) in [4.78, 5) is 22.9. The number of carbonyl (C=O) groups is 1. The number of carbonyl (C=O) groups excluding carboxylic acids is 1. The summed E-state index contributed by atoms with van der Waals surface area (Å²) in [6.07, 6.45) is 0. The van der Waals surface area contributed by atoms with E-state index in [-0.39, 0.29) is 18.2 Å². The fraction of sp³-hybridized carbons (Fsp3) is 0.233. The summed E-state index contributed by atoms with van der Waals surface area (Å²) in [5.41, 5.74) is 2.90. The Morgan fingerprint density at radius 1 is 0.919 bits per heavy atom. The number of rotatable bonds is 11. The zero-order valence-corrected chi connectivity index (χ0v) is 22.1. The van der Waals surface area contributed by atoms with E-state index in [9.17, 15) is 4.79 Å². The molecule has 0 aliphatic heterocycles. The molecule has 0 fully saturated rings. The van der Waals surface area contributed by atoms with Crippen molar-refractivity contribution in [3.05, 3.63) is 119 Å². The van der Waals surface area contributed by atoms with E-state index in [0.29, 0.717) is 17.4 Å². The molecule has 0 unspecified atom stereocenters. The summed E-state index contributed by atoms with van der Waals surface area (Å²) in [6, 6.07) is 30.8. The van der Waals surface area contributed by atoms with E-state index in [0.717, 1.165) is 16.7 Å². The molecule has 0 aliphatic carbocycles. The van der Waals surface area contributed by atoms with Crippen molar-refractivity contribution in [3.8, 4) is 0 Å². The molecular formula is C30H31N3O3S. The van der Waals surface area contributed by atoms with Crippen LogP contribution >= 0.6 is 11.3 Å². The fourth-order valence-electron chi connectivity index (χ4n) is 4.02. The molecule has 4 aromatic rings. The third kappa shape index (κ3) is 6.06. The normalized spacial score (nSPS) is 11.8. The molecule has 3 aromatic carbocycles.